The molecule has 3 aromatic rings. The average molecular weight is 434 g/mol. The first kappa shape index (κ1) is 20.6. The molecule has 12 heteroatoms. The number of rotatable bonds is 4. The second-order valence-corrected chi connectivity index (χ2v) is 7.00. The molecule has 1 aliphatic heterocycles. The lowest BCUT2D eigenvalue weighted by molar-refractivity contribution is -0.137. The van der Waals surface area contributed by atoms with Crippen LogP contribution in [0.2, 0.25) is 0 Å². The highest BCUT2D eigenvalue weighted by atomic mass is 19.4. The average Bonchev–Trinajstić information content (AvgIpc) is 3.35. The standard InChI is InChI=1S/C19H17F3N6O3/c20-19(21,22)11-5-7-12(8-6-11)23-14-4-2-1-3-13(14)17-24-26-28(25-17)15-9-27(18(30)31)10-16(15)29/h1-8,15-16,23,29H,9-10H2,(H,30,31)/t15-,16-/m1/s1. The highest BCUT2D eigenvalue weighted by Gasteiger charge is 2.37. The molecule has 1 saturated heterocycles. The van der Waals surface area contributed by atoms with E-state index in [9.17, 15) is 23.1 Å². The number of hydrogen-bond donors (Lipinski definition) is 3. The number of para-hydroxylation sites is 1. The van der Waals surface area contributed by atoms with Gasteiger partial charge in [-0.1, -0.05) is 12.1 Å². The summed E-state index contributed by atoms with van der Waals surface area (Å²) in [6, 6.07) is 10.8. The number of β-amino-alcohol motifs (C(OH)–C–C–N with tert-alkyl or cyclic N) is 1. The molecule has 2 aromatic carbocycles. The number of carboxylic acid groups (broad SMARTS) is 1. The Morgan fingerprint density at radius 2 is 1.81 bits per heavy atom. The molecule has 4 rings (SSSR count). The van der Waals surface area contributed by atoms with Crippen molar-refractivity contribution in [3.05, 3.63) is 54.1 Å². The summed E-state index contributed by atoms with van der Waals surface area (Å²) in [5.74, 6) is 0.219. The highest BCUT2D eigenvalue weighted by molar-refractivity contribution is 5.77. The molecule has 162 valence electrons. The van der Waals surface area contributed by atoms with E-state index in [2.05, 4.69) is 20.7 Å². The number of aliphatic hydroxyl groups excluding tert-OH is 1. The zero-order chi connectivity index (χ0) is 22.2. The second kappa shape index (κ2) is 7.87. The van der Waals surface area contributed by atoms with E-state index in [4.69, 9.17) is 5.11 Å². The number of nitrogens with one attached hydrogen (secondary N) is 1. The van der Waals surface area contributed by atoms with Crippen molar-refractivity contribution < 1.29 is 28.2 Å². The fraction of sp³-hybridized carbons (Fsp3) is 0.263. The predicted molar refractivity (Wildman–Crippen MR) is 103 cm³/mol. The molecular formula is C19H17F3N6O3. The second-order valence-electron chi connectivity index (χ2n) is 7.00. The molecule has 0 spiro atoms. The molecule has 0 aliphatic carbocycles. The maximum absolute atomic E-state index is 12.8. The van der Waals surface area contributed by atoms with Crippen molar-refractivity contribution in [1.29, 1.82) is 0 Å². The van der Waals surface area contributed by atoms with Gasteiger partial charge >= 0.3 is 12.3 Å². The van der Waals surface area contributed by atoms with Gasteiger partial charge in [-0.25, -0.2) is 4.79 Å². The van der Waals surface area contributed by atoms with Crippen LogP contribution in [0.25, 0.3) is 11.4 Å². The van der Waals surface area contributed by atoms with Crippen LogP contribution in [0.4, 0.5) is 29.3 Å². The normalized spacial score (nSPS) is 18.9. The smallest absolute Gasteiger partial charge is 0.416 e. The van der Waals surface area contributed by atoms with Crippen LogP contribution in [-0.4, -0.2) is 60.6 Å². The maximum Gasteiger partial charge on any atom is 0.416 e. The summed E-state index contributed by atoms with van der Waals surface area (Å²) in [4.78, 5) is 13.4. The Balaban J connectivity index is 1.56. The van der Waals surface area contributed by atoms with E-state index in [0.29, 0.717) is 16.9 Å². The van der Waals surface area contributed by atoms with Crippen molar-refractivity contribution in [2.24, 2.45) is 0 Å². The van der Waals surface area contributed by atoms with Gasteiger partial charge in [-0.2, -0.15) is 18.0 Å². The van der Waals surface area contributed by atoms with Gasteiger partial charge < -0.3 is 20.4 Å². The lowest BCUT2D eigenvalue weighted by atomic mass is 10.1. The first-order chi connectivity index (χ1) is 14.7. The third-order valence-electron chi connectivity index (χ3n) is 4.91. The van der Waals surface area contributed by atoms with Gasteiger partial charge in [0.15, 0.2) is 0 Å². The lowest BCUT2D eigenvalue weighted by Gasteiger charge is -2.12. The number of aromatic nitrogens is 4. The van der Waals surface area contributed by atoms with Crippen LogP contribution in [0.1, 0.15) is 11.6 Å². The van der Waals surface area contributed by atoms with E-state index in [-0.39, 0.29) is 18.9 Å². The van der Waals surface area contributed by atoms with Crippen molar-refractivity contribution >= 4 is 17.5 Å². The van der Waals surface area contributed by atoms with Crippen LogP contribution < -0.4 is 5.32 Å². The minimum atomic E-state index is -4.42. The zero-order valence-corrected chi connectivity index (χ0v) is 15.9. The summed E-state index contributed by atoms with van der Waals surface area (Å²) >= 11 is 0. The van der Waals surface area contributed by atoms with Crippen LogP contribution in [0, 0.1) is 0 Å². The molecule has 1 amide bonds. The molecule has 1 fully saturated rings. The van der Waals surface area contributed by atoms with Crippen LogP contribution in [0.3, 0.4) is 0 Å². The number of nitrogens with zero attached hydrogens (tertiary/aromatic N) is 5. The lowest BCUT2D eigenvalue weighted by Crippen LogP contribution is -2.27. The van der Waals surface area contributed by atoms with E-state index in [0.717, 1.165) is 17.0 Å². The van der Waals surface area contributed by atoms with Crippen LogP contribution in [0.15, 0.2) is 48.5 Å². The number of anilines is 2. The van der Waals surface area contributed by atoms with Gasteiger partial charge in [0, 0.05) is 16.9 Å². The number of hydrogen-bond acceptors (Lipinski definition) is 6. The Morgan fingerprint density at radius 3 is 2.45 bits per heavy atom. The van der Waals surface area contributed by atoms with Gasteiger partial charge in [-0.3, -0.25) is 0 Å². The Kier molecular flexibility index (Phi) is 5.23. The number of benzene rings is 2. The van der Waals surface area contributed by atoms with Crippen LogP contribution in [-0.2, 0) is 6.18 Å². The van der Waals surface area contributed by atoms with Crippen molar-refractivity contribution in [2.45, 2.75) is 18.3 Å². The Hall–Kier alpha value is -3.67. The van der Waals surface area contributed by atoms with E-state index >= 15 is 0 Å². The fourth-order valence-electron chi connectivity index (χ4n) is 3.31. The number of carbonyl (C=O) groups is 1. The molecule has 9 nitrogen and oxygen atoms in total. The number of tetrazole rings is 1. The third kappa shape index (κ3) is 4.28. The molecular weight excluding hydrogens is 417 g/mol. The summed E-state index contributed by atoms with van der Waals surface area (Å²) in [7, 11) is 0. The number of aliphatic hydroxyl groups is 1. The number of alkyl halides is 3. The SMILES string of the molecule is O=C(O)N1C[C@@H](O)[C@H](n2nnc(-c3ccccc3Nc3ccc(C(F)(F)F)cc3)n2)C1. The van der Waals surface area contributed by atoms with Crippen molar-refractivity contribution in [1.82, 2.24) is 25.1 Å². The molecule has 31 heavy (non-hydrogen) atoms. The maximum atomic E-state index is 12.8. The summed E-state index contributed by atoms with van der Waals surface area (Å²) < 4.78 is 38.3. The van der Waals surface area contributed by atoms with E-state index < -0.39 is 30.0 Å². The topological polar surface area (TPSA) is 116 Å². The van der Waals surface area contributed by atoms with E-state index in [1.807, 2.05) is 0 Å². The van der Waals surface area contributed by atoms with Crippen LogP contribution >= 0.6 is 0 Å². The Morgan fingerprint density at radius 1 is 1.10 bits per heavy atom. The first-order valence-corrected chi connectivity index (χ1v) is 9.21. The van der Waals surface area contributed by atoms with E-state index in [1.165, 1.54) is 16.9 Å². The minimum absolute atomic E-state index is 0.0255. The molecule has 0 radical (unpaired) electrons. The van der Waals surface area contributed by atoms with Gasteiger partial charge in [0.1, 0.15) is 6.04 Å². The fourth-order valence-corrected chi connectivity index (χ4v) is 3.31. The highest BCUT2D eigenvalue weighted by Crippen LogP contribution is 2.32. The van der Waals surface area contributed by atoms with Crippen molar-refractivity contribution in [3.63, 3.8) is 0 Å². The molecule has 0 saturated carbocycles. The van der Waals surface area contributed by atoms with Gasteiger partial charge in [0.2, 0.25) is 5.82 Å². The Labute approximate surface area is 173 Å². The Bertz CT molecular complexity index is 1090. The van der Waals surface area contributed by atoms with Gasteiger partial charge in [-0.15, -0.1) is 10.2 Å². The largest absolute Gasteiger partial charge is 0.465 e. The van der Waals surface area contributed by atoms with Gasteiger partial charge in [0.25, 0.3) is 0 Å². The van der Waals surface area contributed by atoms with Gasteiger partial charge in [0.05, 0.1) is 24.8 Å². The minimum Gasteiger partial charge on any atom is -0.465 e. The number of halogens is 3. The number of likely N-dealkylation sites (tertiary alicyclic amines) is 1. The monoisotopic (exact) mass is 434 g/mol. The first-order valence-electron chi connectivity index (χ1n) is 9.21. The molecule has 2 atom stereocenters. The summed E-state index contributed by atoms with van der Waals surface area (Å²) in [6.07, 6.45) is -6.54. The van der Waals surface area contributed by atoms with Gasteiger partial charge in [-0.05, 0) is 41.6 Å². The van der Waals surface area contributed by atoms with Crippen LogP contribution in [0.5, 0.6) is 0 Å². The molecule has 0 unspecified atom stereocenters. The molecule has 1 aromatic heterocycles. The molecule has 0 bridgehead atoms. The zero-order valence-electron chi connectivity index (χ0n) is 15.9. The third-order valence-corrected chi connectivity index (χ3v) is 4.91. The summed E-state index contributed by atoms with van der Waals surface area (Å²) in [5, 5.41) is 34.5. The molecule has 1 aliphatic rings. The van der Waals surface area contributed by atoms with Crippen molar-refractivity contribution in [2.75, 3.05) is 18.4 Å². The van der Waals surface area contributed by atoms with Crippen molar-refractivity contribution in [3.8, 4) is 11.4 Å². The molecule has 2 heterocycles. The quantitative estimate of drug-likeness (QED) is 0.578. The predicted octanol–water partition coefficient (Wildman–Crippen LogP) is 3.00. The number of amides is 1. The molecule has 3 N–H and O–H groups in total. The summed E-state index contributed by atoms with van der Waals surface area (Å²) in [5.41, 5.74) is 0.773. The van der Waals surface area contributed by atoms with E-state index in [1.54, 1.807) is 24.3 Å². The summed E-state index contributed by atoms with van der Waals surface area (Å²) in [6.45, 7) is -0.0271.